The van der Waals surface area contributed by atoms with Crippen LogP contribution in [0.4, 0.5) is 0 Å². The van der Waals surface area contributed by atoms with Gasteiger partial charge < -0.3 is 9.84 Å². The van der Waals surface area contributed by atoms with Crippen LogP contribution in [0.25, 0.3) is 0 Å². The van der Waals surface area contributed by atoms with Gasteiger partial charge in [-0.05, 0) is 31.0 Å². The minimum absolute atomic E-state index is 0.106. The summed E-state index contributed by atoms with van der Waals surface area (Å²) in [4.78, 5) is 0. The normalized spacial score (nSPS) is 10.8. The van der Waals surface area contributed by atoms with Crippen LogP contribution in [0.1, 0.15) is 23.2 Å². The van der Waals surface area contributed by atoms with Crippen LogP contribution < -0.4 is 4.74 Å². The second-order valence-corrected chi connectivity index (χ2v) is 4.92. The molecule has 1 heterocycles. The predicted octanol–water partition coefficient (Wildman–Crippen LogP) is 1.90. The average Bonchev–Trinajstić information content (AvgIpc) is 2.87. The van der Waals surface area contributed by atoms with Crippen LogP contribution in [0, 0.1) is 13.8 Å². The number of aromatic nitrogens is 3. The van der Waals surface area contributed by atoms with Crippen LogP contribution in [0.5, 0.6) is 5.75 Å². The first-order valence-electron chi connectivity index (χ1n) is 6.89. The van der Waals surface area contributed by atoms with Crippen molar-refractivity contribution >= 4 is 0 Å². The molecule has 0 saturated carbocycles. The molecule has 0 amide bonds. The molecule has 5 nitrogen and oxygen atoms in total. The van der Waals surface area contributed by atoms with Crippen molar-refractivity contribution in [3.05, 3.63) is 41.2 Å². The van der Waals surface area contributed by atoms with Crippen molar-refractivity contribution < 1.29 is 9.84 Å². The van der Waals surface area contributed by atoms with Gasteiger partial charge in [-0.1, -0.05) is 17.3 Å². The summed E-state index contributed by atoms with van der Waals surface area (Å²) in [5, 5.41) is 16.8. The lowest BCUT2D eigenvalue weighted by Crippen LogP contribution is -2.05. The van der Waals surface area contributed by atoms with Crippen molar-refractivity contribution in [2.24, 2.45) is 0 Å². The molecule has 0 saturated heterocycles. The SMILES string of the molecule is Cc1ccc(C)c(OCCCn2cc(CCO)nn2)c1. The topological polar surface area (TPSA) is 60.2 Å². The van der Waals surface area contributed by atoms with E-state index in [2.05, 4.69) is 35.4 Å². The Morgan fingerprint density at radius 3 is 2.95 bits per heavy atom. The van der Waals surface area contributed by atoms with Crippen molar-refractivity contribution in [3.63, 3.8) is 0 Å². The van der Waals surface area contributed by atoms with E-state index in [1.807, 2.05) is 13.1 Å². The molecule has 2 rings (SSSR count). The highest BCUT2D eigenvalue weighted by atomic mass is 16.5. The predicted molar refractivity (Wildman–Crippen MR) is 76.8 cm³/mol. The third-order valence-corrected chi connectivity index (χ3v) is 3.09. The molecule has 1 aromatic carbocycles. The quantitative estimate of drug-likeness (QED) is 0.784. The highest BCUT2D eigenvalue weighted by Gasteiger charge is 2.02. The highest BCUT2D eigenvalue weighted by molar-refractivity contribution is 5.35. The minimum atomic E-state index is 0.106. The number of aliphatic hydroxyl groups is 1. The minimum Gasteiger partial charge on any atom is -0.493 e. The summed E-state index contributed by atoms with van der Waals surface area (Å²) in [5.74, 6) is 0.949. The van der Waals surface area contributed by atoms with Gasteiger partial charge in [-0.2, -0.15) is 0 Å². The van der Waals surface area contributed by atoms with Gasteiger partial charge in [-0.15, -0.1) is 5.10 Å². The van der Waals surface area contributed by atoms with Gasteiger partial charge in [0.1, 0.15) is 5.75 Å². The van der Waals surface area contributed by atoms with Crippen LogP contribution >= 0.6 is 0 Å². The van der Waals surface area contributed by atoms with Crippen molar-refractivity contribution in [1.82, 2.24) is 15.0 Å². The Morgan fingerprint density at radius 1 is 1.30 bits per heavy atom. The lowest BCUT2D eigenvalue weighted by molar-refractivity contribution is 0.295. The maximum Gasteiger partial charge on any atom is 0.122 e. The number of rotatable bonds is 7. The highest BCUT2D eigenvalue weighted by Crippen LogP contribution is 2.19. The van der Waals surface area contributed by atoms with Crippen molar-refractivity contribution in [1.29, 1.82) is 0 Å². The zero-order valence-corrected chi connectivity index (χ0v) is 12.0. The molecule has 0 spiro atoms. The van der Waals surface area contributed by atoms with Gasteiger partial charge >= 0.3 is 0 Å². The first kappa shape index (κ1) is 14.5. The molecule has 0 unspecified atom stereocenters. The van der Waals surface area contributed by atoms with Crippen LogP contribution in [-0.4, -0.2) is 33.3 Å². The van der Waals surface area contributed by atoms with E-state index in [9.17, 15) is 0 Å². The molecule has 5 heteroatoms. The molecule has 0 aliphatic heterocycles. The summed E-state index contributed by atoms with van der Waals surface area (Å²) in [6.07, 6.45) is 3.29. The Labute approximate surface area is 119 Å². The summed E-state index contributed by atoms with van der Waals surface area (Å²) in [5.41, 5.74) is 3.18. The third-order valence-electron chi connectivity index (χ3n) is 3.09. The van der Waals surface area contributed by atoms with E-state index in [1.54, 1.807) is 4.68 Å². The fraction of sp³-hybridized carbons (Fsp3) is 0.467. The number of aryl methyl sites for hydroxylation is 3. The second-order valence-electron chi connectivity index (χ2n) is 4.92. The van der Waals surface area contributed by atoms with E-state index < -0.39 is 0 Å². The molecule has 0 aliphatic rings. The first-order valence-corrected chi connectivity index (χ1v) is 6.89. The molecule has 0 radical (unpaired) electrons. The Kier molecular flexibility index (Phi) is 5.12. The molecule has 1 N–H and O–H groups in total. The maximum absolute atomic E-state index is 8.82. The molecule has 20 heavy (non-hydrogen) atoms. The Balaban J connectivity index is 1.77. The molecular formula is C15H21N3O2. The lowest BCUT2D eigenvalue weighted by atomic mass is 10.1. The average molecular weight is 275 g/mol. The van der Waals surface area contributed by atoms with Gasteiger partial charge in [-0.3, -0.25) is 4.68 Å². The number of ether oxygens (including phenoxy) is 1. The zero-order chi connectivity index (χ0) is 14.4. The first-order chi connectivity index (χ1) is 9.69. The smallest absolute Gasteiger partial charge is 0.122 e. The van der Waals surface area contributed by atoms with Crippen LogP contribution in [-0.2, 0) is 13.0 Å². The fourth-order valence-electron chi connectivity index (χ4n) is 1.95. The molecule has 0 fully saturated rings. The molecule has 0 aliphatic carbocycles. The number of hydrogen-bond acceptors (Lipinski definition) is 4. The van der Waals surface area contributed by atoms with Crippen molar-refractivity contribution in [2.75, 3.05) is 13.2 Å². The van der Waals surface area contributed by atoms with Crippen LogP contribution in [0.2, 0.25) is 0 Å². The van der Waals surface area contributed by atoms with E-state index in [0.717, 1.165) is 30.0 Å². The van der Waals surface area contributed by atoms with Crippen molar-refractivity contribution in [2.45, 2.75) is 33.2 Å². The summed E-state index contributed by atoms with van der Waals surface area (Å²) >= 11 is 0. The fourth-order valence-corrected chi connectivity index (χ4v) is 1.95. The summed E-state index contributed by atoms with van der Waals surface area (Å²) < 4.78 is 7.58. The zero-order valence-electron chi connectivity index (χ0n) is 12.0. The number of hydrogen-bond donors (Lipinski definition) is 1. The molecule has 1 aromatic heterocycles. The summed E-state index contributed by atoms with van der Waals surface area (Å²) in [6, 6.07) is 6.22. The maximum atomic E-state index is 8.82. The molecule has 0 atom stereocenters. The number of benzene rings is 1. The van der Waals surface area contributed by atoms with Gasteiger partial charge in [0, 0.05) is 32.2 Å². The Morgan fingerprint density at radius 2 is 2.15 bits per heavy atom. The van der Waals surface area contributed by atoms with E-state index >= 15 is 0 Å². The number of aliphatic hydroxyl groups excluding tert-OH is 1. The molecule has 2 aromatic rings. The number of nitrogens with zero attached hydrogens (tertiary/aromatic N) is 3. The van der Waals surface area contributed by atoms with Gasteiger partial charge in [0.05, 0.1) is 12.3 Å². The van der Waals surface area contributed by atoms with Crippen LogP contribution in [0.3, 0.4) is 0 Å². The van der Waals surface area contributed by atoms with Gasteiger partial charge in [0.2, 0.25) is 0 Å². The Hall–Kier alpha value is -1.88. The second kappa shape index (κ2) is 7.05. The molecule has 108 valence electrons. The summed E-state index contributed by atoms with van der Waals surface area (Å²) in [7, 11) is 0. The summed E-state index contributed by atoms with van der Waals surface area (Å²) in [6.45, 7) is 5.63. The lowest BCUT2D eigenvalue weighted by Gasteiger charge is -2.09. The van der Waals surface area contributed by atoms with Gasteiger partial charge in [0.15, 0.2) is 0 Å². The molecular weight excluding hydrogens is 254 g/mol. The molecule has 0 bridgehead atoms. The van der Waals surface area contributed by atoms with Gasteiger partial charge in [0.25, 0.3) is 0 Å². The van der Waals surface area contributed by atoms with E-state index in [1.165, 1.54) is 5.56 Å². The van der Waals surface area contributed by atoms with Crippen molar-refractivity contribution in [3.8, 4) is 5.75 Å². The van der Waals surface area contributed by atoms with E-state index in [-0.39, 0.29) is 6.61 Å². The van der Waals surface area contributed by atoms with Gasteiger partial charge in [-0.25, -0.2) is 0 Å². The Bertz CT molecular complexity index is 552. The largest absolute Gasteiger partial charge is 0.493 e. The van der Waals surface area contributed by atoms with Crippen LogP contribution in [0.15, 0.2) is 24.4 Å². The van der Waals surface area contributed by atoms with E-state index in [4.69, 9.17) is 9.84 Å². The van der Waals surface area contributed by atoms with E-state index in [0.29, 0.717) is 13.0 Å². The standard InChI is InChI=1S/C15H21N3O2/c1-12-4-5-13(2)15(10-12)20-9-3-7-18-11-14(6-8-19)16-17-18/h4-5,10-11,19H,3,6-9H2,1-2H3. The monoisotopic (exact) mass is 275 g/mol. The third kappa shape index (κ3) is 4.06.